The van der Waals surface area contributed by atoms with E-state index in [-0.39, 0.29) is 17.1 Å². The van der Waals surface area contributed by atoms with E-state index in [0.717, 1.165) is 24.0 Å². The second kappa shape index (κ2) is 7.31. The minimum atomic E-state index is -1.17. The zero-order valence-electron chi connectivity index (χ0n) is 14.0. The van der Waals surface area contributed by atoms with E-state index < -0.39 is 10.8 Å². The van der Waals surface area contributed by atoms with Crippen molar-refractivity contribution < 1.29 is 9.00 Å². The van der Waals surface area contributed by atoms with Crippen LogP contribution in [-0.4, -0.2) is 22.4 Å². The largest absolute Gasteiger partial charge is 0.354 e. The molecule has 1 aliphatic carbocycles. The highest BCUT2D eigenvalue weighted by molar-refractivity contribution is 7.84. The van der Waals surface area contributed by atoms with Gasteiger partial charge in [-0.2, -0.15) is 0 Å². The maximum Gasteiger partial charge on any atom is 0.232 e. The number of amides is 1. The third-order valence-electron chi connectivity index (χ3n) is 4.57. The molecule has 1 saturated carbocycles. The Bertz CT molecular complexity index is 738. The van der Waals surface area contributed by atoms with Gasteiger partial charge in [0.1, 0.15) is 5.75 Å². The average Bonchev–Trinajstić information content (AvgIpc) is 3.35. The van der Waals surface area contributed by atoms with Crippen molar-refractivity contribution in [2.75, 3.05) is 12.3 Å². The first-order valence-corrected chi connectivity index (χ1v) is 9.79. The van der Waals surface area contributed by atoms with Crippen molar-refractivity contribution in [1.82, 2.24) is 5.32 Å². The van der Waals surface area contributed by atoms with Crippen LogP contribution >= 0.6 is 0 Å². The summed E-state index contributed by atoms with van der Waals surface area (Å²) in [5.74, 6) is 0.376. The molecule has 0 unspecified atom stereocenters. The Labute approximate surface area is 145 Å². The molecule has 0 saturated heterocycles. The summed E-state index contributed by atoms with van der Waals surface area (Å²) >= 11 is 0. The molecule has 126 valence electrons. The van der Waals surface area contributed by atoms with E-state index in [1.807, 2.05) is 49.4 Å². The quantitative estimate of drug-likeness (QED) is 0.841. The van der Waals surface area contributed by atoms with Crippen LogP contribution in [0.25, 0.3) is 0 Å². The molecule has 1 fully saturated rings. The van der Waals surface area contributed by atoms with Gasteiger partial charge in [-0.25, -0.2) is 0 Å². The Balaban J connectivity index is 1.48. The van der Waals surface area contributed by atoms with Gasteiger partial charge in [-0.05, 0) is 30.9 Å². The lowest BCUT2D eigenvalue weighted by atomic mass is 9.96. The van der Waals surface area contributed by atoms with Crippen LogP contribution in [0.2, 0.25) is 0 Å². The van der Waals surface area contributed by atoms with Crippen LogP contribution in [0.15, 0.2) is 54.6 Å². The molecule has 0 spiro atoms. The smallest absolute Gasteiger partial charge is 0.232 e. The van der Waals surface area contributed by atoms with Crippen molar-refractivity contribution in [2.45, 2.75) is 30.9 Å². The van der Waals surface area contributed by atoms with Crippen LogP contribution in [0.3, 0.4) is 0 Å². The van der Waals surface area contributed by atoms with Crippen LogP contribution in [0.5, 0.6) is 0 Å². The van der Waals surface area contributed by atoms with E-state index in [1.165, 1.54) is 5.56 Å². The summed E-state index contributed by atoms with van der Waals surface area (Å²) in [4.78, 5) is 12.1. The lowest BCUT2D eigenvalue weighted by Crippen LogP contribution is -2.35. The lowest BCUT2D eigenvalue weighted by Gasteiger charge is -2.16. The molecule has 4 heteroatoms. The van der Waals surface area contributed by atoms with Crippen molar-refractivity contribution in [3.63, 3.8) is 0 Å². The van der Waals surface area contributed by atoms with Crippen molar-refractivity contribution >= 4 is 16.7 Å². The molecule has 3 nitrogen and oxygen atoms in total. The normalized spacial score (nSPS) is 16.4. The van der Waals surface area contributed by atoms with E-state index in [4.69, 9.17) is 0 Å². The fourth-order valence-electron chi connectivity index (χ4n) is 3.01. The van der Waals surface area contributed by atoms with Gasteiger partial charge >= 0.3 is 0 Å². The zero-order chi connectivity index (χ0) is 17.0. The molecule has 1 atom stereocenters. The average molecular weight is 341 g/mol. The third-order valence-corrected chi connectivity index (χ3v) is 5.81. The van der Waals surface area contributed by atoms with Gasteiger partial charge in [0, 0.05) is 28.5 Å². The van der Waals surface area contributed by atoms with Crippen LogP contribution in [0, 0.1) is 6.92 Å². The first kappa shape index (κ1) is 16.9. The van der Waals surface area contributed by atoms with Crippen molar-refractivity contribution in [3.8, 4) is 0 Å². The molecule has 1 N–H and O–H groups in total. The topological polar surface area (TPSA) is 46.2 Å². The number of carbonyl (C=O) groups is 1. The number of carbonyl (C=O) groups excluding carboxylic acids is 1. The molecule has 0 heterocycles. The highest BCUT2D eigenvalue weighted by Gasteiger charge is 2.44. The standard InChI is InChI=1S/C20H23NO2S/c1-16-6-5-7-17(12-16)13-24(23)14-19(22)21-15-20(10-11-20)18-8-3-2-4-9-18/h2-9,12H,10-11,13-15H2,1H3,(H,21,22)/t24-/m1/s1. The van der Waals surface area contributed by atoms with Gasteiger partial charge in [0.05, 0.1) is 0 Å². The lowest BCUT2D eigenvalue weighted by molar-refractivity contribution is -0.118. The van der Waals surface area contributed by atoms with Gasteiger partial charge < -0.3 is 5.32 Å². The second-order valence-corrected chi connectivity index (χ2v) is 8.10. The van der Waals surface area contributed by atoms with E-state index >= 15 is 0 Å². The van der Waals surface area contributed by atoms with Gasteiger partial charge in [-0.3, -0.25) is 9.00 Å². The number of hydrogen-bond acceptors (Lipinski definition) is 2. The summed E-state index contributed by atoms with van der Waals surface area (Å²) < 4.78 is 12.2. The minimum absolute atomic E-state index is 0.0683. The van der Waals surface area contributed by atoms with Gasteiger partial charge in [0.15, 0.2) is 0 Å². The Hall–Kier alpha value is -1.94. The molecular weight excluding hydrogens is 318 g/mol. The first-order chi connectivity index (χ1) is 11.6. The Kier molecular flexibility index (Phi) is 5.14. The number of benzene rings is 2. The number of rotatable bonds is 7. The first-order valence-electron chi connectivity index (χ1n) is 8.30. The highest BCUT2D eigenvalue weighted by Crippen LogP contribution is 2.47. The van der Waals surface area contributed by atoms with Crippen LogP contribution in [-0.2, 0) is 26.8 Å². The molecule has 0 bridgehead atoms. The molecular formula is C20H23NO2S. The molecule has 24 heavy (non-hydrogen) atoms. The molecule has 0 radical (unpaired) electrons. The summed E-state index contributed by atoms with van der Waals surface area (Å²) in [6.45, 7) is 2.65. The zero-order valence-corrected chi connectivity index (χ0v) is 14.8. The Morgan fingerprint density at radius 2 is 1.88 bits per heavy atom. The third kappa shape index (κ3) is 4.32. The molecule has 2 aromatic carbocycles. The van der Waals surface area contributed by atoms with Crippen molar-refractivity contribution in [2.24, 2.45) is 0 Å². The summed E-state index contributed by atoms with van der Waals surface area (Å²) in [7, 11) is -1.17. The Morgan fingerprint density at radius 3 is 2.54 bits per heavy atom. The summed E-state index contributed by atoms with van der Waals surface area (Å²) in [5, 5.41) is 2.98. The van der Waals surface area contributed by atoms with E-state index in [0.29, 0.717) is 12.3 Å². The van der Waals surface area contributed by atoms with Crippen molar-refractivity contribution in [1.29, 1.82) is 0 Å². The number of aryl methyl sites for hydroxylation is 1. The molecule has 0 aliphatic heterocycles. The molecule has 1 aliphatic rings. The fraction of sp³-hybridized carbons (Fsp3) is 0.350. The van der Waals surface area contributed by atoms with Crippen LogP contribution in [0.4, 0.5) is 0 Å². The maximum atomic E-state index is 12.2. The molecule has 0 aromatic heterocycles. The minimum Gasteiger partial charge on any atom is -0.354 e. The highest BCUT2D eigenvalue weighted by atomic mass is 32.2. The summed E-state index contributed by atoms with van der Waals surface area (Å²) in [6.07, 6.45) is 2.20. The second-order valence-electron chi connectivity index (χ2n) is 6.64. The fourth-order valence-corrected chi connectivity index (χ4v) is 4.06. The van der Waals surface area contributed by atoms with Crippen molar-refractivity contribution in [3.05, 3.63) is 71.3 Å². The van der Waals surface area contributed by atoms with Crippen LogP contribution in [0.1, 0.15) is 29.5 Å². The molecule has 3 rings (SSSR count). The van der Waals surface area contributed by atoms with Gasteiger partial charge in [0.25, 0.3) is 0 Å². The predicted molar refractivity (Wildman–Crippen MR) is 98.3 cm³/mol. The van der Waals surface area contributed by atoms with Gasteiger partial charge in [0.2, 0.25) is 5.91 Å². The molecule has 1 amide bonds. The van der Waals surface area contributed by atoms with E-state index in [2.05, 4.69) is 17.4 Å². The Morgan fingerprint density at radius 1 is 1.12 bits per heavy atom. The van der Waals surface area contributed by atoms with E-state index in [9.17, 15) is 9.00 Å². The molecule has 2 aromatic rings. The summed E-state index contributed by atoms with van der Waals surface area (Å²) in [5.41, 5.74) is 3.54. The van der Waals surface area contributed by atoms with E-state index in [1.54, 1.807) is 0 Å². The summed E-state index contributed by atoms with van der Waals surface area (Å²) in [6, 6.07) is 18.3. The SMILES string of the molecule is Cc1cccc(C[S@@](=O)CC(=O)NCC2(c3ccccc3)CC2)c1. The number of hydrogen-bond donors (Lipinski definition) is 1. The number of nitrogens with one attached hydrogen (secondary N) is 1. The predicted octanol–water partition coefficient (Wildman–Crippen LogP) is 3.09. The van der Waals surface area contributed by atoms with Crippen LogP contribution < -0.4 is 5.32 Å². The monoisotopic (exact) mass is 341 g/mol. The maximum absolute atomic E-state index is 12.2. The van der Waals surface area contributed by atoms with Gasteiger partial charge in [-0.1, -0.05) is 60.2 Å². The van der Waals surface area contributed by atoms with Gasteiger partial charge in [-0.15, -0.1) is 0 Å².